The lowest BCUT2D eigenvalue weighted by molar-refractivity contribution is 0.660. The summed E-state index contributed by atoms with van der Waals surface area (Å²) >= 11 is 1.88. The summed E-state index contributed by atoms with van der Waals surface area (Å²) in [7, 11) is 0. The highest BCUT2D eigenvalue weighted by Crippen LogP contribution is 2.51. The summed E-state index contributed by atoms with van der Waals surface area (Å²) in [6, 6.07) is 68.6. The Morgan fingerprint density at radius 1 is 0.484 bits per heavy atom. The molecule has 1 aliphatic carbocycles. The molecule has 2 aromatic heterocycles. The number of nitrogens with zero attached hydrogens (tertiary/aromatic N) is 2. The van der Waals surface area contributed by atoms with Crippen molar-refractivity contribution in [2.75, 3.05) is 4.90 Å². The van der Waals surface area contributed by atoms with Crippen LogP contribution in [0.5, 0.6) is 0 Å². The molecule has 0 radical (unpaired) electrons. The third-order valence-electron chi connectivity index (χ3n) is 13.1. The number of anilines is 3. The van der Waals surface area contributed by atoms with Gasteiger partial charge in [-0.1, -0.05) is 153 Å². The summed E-state index contributed by atoms with van der Waals surface area (Å²) in [6.07, 6.45) is 3.69. The molecular formula is C58H42N2OS. The number of benzene rings is 8. The lowest BCUT2D eigenvalue weighted by Crippen LogP contribution is -2.17. The summed E-state index contributed by atoms with van der Waals surface area (Å²) < 4.78 is 6.28. The maximum absolute atomic E-state index is 6.28. The predicted molar refractivity (Wildman–Crippen MR) is 257 cm³/mol. The quantitative estimate of drug-likeness (QED) is 0.177. The summed E-state index contributed by atoms with van der Waals surface area (Å²) in [5.41, 5.74) is 19.1. The molecule has 0 bridgehead atoms. The maximum atomic E-state index is 6.28. The number of hydrogen-bond acceptors (Lipinski definition) is 4. The van der Waals surface area contributed by atoms with Crippen molar-refractivity contribution in [3.05, 3.63) is 228 Å². The van der Waals surface area contributed by atoms with Crippen LogP contribution in [-0.2, 0) is 18.3 Å². The SMILES string of the molecule is CC1(C)c2ccccc2-c2ccc(N(c3ccc4c(c3)Cc3ccccc3-c3ccccc3Cc3ccccc3S4)c3ccc(-c4cccc5oc6ccccc6c45)cn3)cc21. The van der Waals surface area contributed by atoms with E-state index in [9.17, 15) is 0 Å². The molecule has 1 aliphatic heterocycles. The minimum Gasteiger partial charge on any atom is -0.456 e. The molecule has 0 saturated heterocycles. The molecular weight excluding hydrogens is 773 g/mol. The van der Waals surface area contributed by atoms with Gasteiger partial charge in [0.2, 0.25) is 0 Å². The van der Waals surface area contributed by atoms with E-state index in [1.807, 2.05) is 30.1 Å². The summed E-state index contributed by atoms with van der Waals surface area (Å²) in [5.74, 6) is 0.857. The van der Waals surface area contributed by atoms with Crippen LogP contribution < -0.4 is 4.90 Å². The molecule has 2 aliphatic rings. The van der Waals surface area contributed by atoms with Crippen molar-refractivity contribution in [1.82, 2.24) is 4.98 Å². The van der Waals surface area contributed by atoms with Crippen molar-refractivity contribution in [3.8, 4) is 33.4 Å². The van der Waals surface area contributed by atoms with Crippen LogP contribution in [0.3, 0.4) is 0 Å². The van der Waals surface area contributed by atoms with Crippen LogP contribution in [-0.4, -0.2) is 4.98 Å². The Morgan fingerprint density at radius 3 is 1.90 bits per heavy atom. The standard InChI is InChI=1S/C58H42N2OS/c1-58(2)50-22-10-8-19-47(50)48-29-27-43(35-51(48)58)60(56-31-26-40(36-59-56)46-21-13-24-53-57(46)49-20-9-11-23-52(49)61-53)42-28-30-55-41(34-42)33-38-15-4-7-18-45(38)44-17-6-3-14-37(44)32-39-16-5-12-25-54(39)62-55/h3-31,34-36H,32-33H2,1-2H3. The second-order valence-electron chi connectivity index (χ2n) is 17.1. The Balaban J connectivity index is 1.03. The summed E-state index contributed by atoms with van der Waals surface area (Å²) in [5, 5.41) is 2.22. The Kier molecular flexibility index (Phi) is 8.58. The molecule has 3 heterocycles. The zero-order valence-corrected chi connectivity index (χ0v) is 35.4. The second kappa shape index (κ2) is 14.5. The van der Waals surface area contributed by atoms with Gasteiger partial charge in [0.05, 0.1) is 0 Å². The van der Waals surface area contributed by atoms with Crippen molar-refractivity contribution >= 4 is 50.9 Å². The zero-order valence-electron chi connectivity index (χ0n) is 34.6. The second-order valence-corrected chi connectivity index (χ2v) is 18.2. The van der Waals surface area contributed by atoms with E-state index < -0.39 is 0 Å². The highest BCUT2D eigenvalue weighted by Gasteiger charge is 2.36. The van der Waals surface area contributed by atoms with E-state index >= 15 is 0 Å². The van der Waals surface area contributed by atoms with Crippen LogP contribution in [0.2, 0.25) is 0 Å². The third-order valence-corrected chi connectivity index (χ3v) is 14.3. The smallest absolute Gasteiger partial charge is 0.137 e. The Bertz CT molecular complexity index is 3380. The van der Waals surface area contributed by atoms with Crippen LogP contribution >= 0.6 is 11.8 Å². The molecule has 4 heteroatoms. The average Bonchev–Trinajstić information content (AvgIpc) is 3.80. The highest BCUT2D eigenvalue weighted by atomic mass is 32.2. The fourth-order valence-corrected chi connectivity index (χ4v) is 11.1. The molecule has 0 amide bonds. The first-order chi connectivity index (χ1) is 30.5. The number of hydrogen-bond donors (Lipinski definition) is 0. The number of fused-ring (bicyclic) bond motifs is 11. The van der Waals surface area contributed by atoms with Gasteiger partial charge in [0.15, 0.2) is 0 Å². The van der Waals surface area contributed by atoms with Crippen molar-refractivity contribution in [2.24, 2.45) is 0 Å². The molecule has 0 N–H and O–H groups in total. The van der Waals surface area contributed by atoms with Gasteiger partial charge in [-0.25, -0.2) is 4.98 Å². The van der Waals surface area contributed by atoms with E-state index in [-0.39, 0.29) is 5.41 Å². The van der Waals surface area contributed by atoms with Crippen molar-refractivity contribution in [2.45, 2.75) is 41.9 Å². The third kappa shape index (κ3) is 6.01. The van der Waals surface area contributed by atoms with E-state index in [2.05, 4.69) is 195 Å². The Morgan fingerprint density at radius 2 is 1.10 bits per heavy atom. The van der Waals surface area contributed by atoms with Gasteiger partial charge in [0.1, 0.15) is 17.0 Å². The molecule has 12 rings (SSSR count). The molecule has 0 spiro atoms. The van der Waals surface area contributed by atoms with Gasteiger partial charge < -0.3 is 4.42 Å². The van der Waals surface area contributed by atoms with Gasteiger partial charge in [-0.15, -0.1) is 0 Å². The lowest BCUT2D eigenvalue weighted by atomic mass is 9.82. The minimum absolute atomic E-state index is 0.151. The van der Waals surface area contributed by atoms with E-state index in [1.54, 1.807) is 0 Å². The van der Waals surface area contributed by atoms with Gasteiger partial charge in [-0.05, 0) is 135 Å². The first-order valence-corrected chi connectivity index (χ1v) is 22.3. The van der Waals surface area contributed by atoms with E-state index in [0.717, 1.165) is 63.1 Å². The number of para-hydroxylation sites is 1. The molecule has 3 nitrogen and oxygen atoms in total. The van der Waals surface area contributed by atoms with Crippen LogP contribution in [0.15, 0.2) is 208 Å². The van der Waals surface area contributed by atoms with Gasteiger partial charge >= 0.3 is 0 Å². The monoisotopic (exact) mass is 814 g/mol. The average molecular weight is 815 g/mol. The fourth-order valence-electron chi connectivity index (χ4n) is 10.0. The lowest BCUT2D eigenvalue weighted by Gasteiger charge is -2.28. The molecule has 8 aromatic carbocycles. The van der Waals surface area contributed by atoms with Crippen LogP contribution in [0.25, 0.3) is 55.3 Å². The zero-order chi connectivity index (χ0) is 41.4. The first-order valence-electron chi connectivity index (χ1n) is 21.4. The maximum Gasteiger partial charge on any atom is 0.137 e. The fraction of sp³-hybridized carbons (Fsp3) is 0.0862. The van der Waals surface area contributed by atoms with Gasteiger partial charge in [-0.2, -0.15) is 0 Å². The molecule has 296 valence electrons. The molecule has 0 atom stereocenters. The van der Waals surface area contributed by atoms with Crippen molar-refractivity contribution in [1.29, 1.82) is 0 Å². The number of pyridine rings is 1. The molecule has 62 heavy (non-hydrogen) atoms. The minimum atomic E-state index is -0.151. The first kappa shape index (κ1) is 36.7. The number of furan rings is 1. The molecule has 0 unspecified atom stereocenters. The topological polar surface area (TPSA) is 29.3 Å². The van der Waals surface area contributed by atoms with Gasteiger partial charge in [0, 0.05) is 49.1 Å². The van der Waals surface area contributed by atoms with Crippen molar-refractivity contribution in [3.63, 3.8) is 0 Å². The normalized spacial score (nSPS) is 13.6. The Hall–Kier alpha value is -7.14. The Labute approximate surface area is 366 Å². The molecule has 10 aromatic rings. The van der Waals surface area contributed by atoms with E-state index in [4.69, 9.17) is 9.40 Å². The van der Waals surface area contributed by atoms with Crippen LogP contribution in [0.1, 0.15) is 47.2 Å². The number of rotatable bonds is 4. The summed E-state index contributed by atoms with van der Waals surface area (Å²) in [4.78, 5) is 10.2. The van der Waals surface area contributed by atoms with Gasteiger partial charge in [0.25, 0.3) is 0 Å². The van der Waals surface area contributed by atoms with E-state index in [0.29, 0.717) is 0 Å². The molecule has 0 fully saturated rings. The van der Waals surface area contributed by atoms with Crippen LogP contribution in [0, 0.1) is 0 Å². The predicted octanol–water partition coefficient (Wildman–Crippen LogP) is 15.7. The van der Waals surface area contributed by atoms with Gasteiger partial charge in [-0.3, -0.25) is 4.90 Å². The van der Waals surface area contributed by atoms with E-state index in [1.165, 1.54) is 65.4 Å². The molecule has 0 saturated carbocycles. The highest BCUT2D eigenvalue weighted by molar-refractivity contribution is 7.99. The largest absolute Gasteiger partial charge is 0.456 e. The van der Waals surface area contributed by atoms with Crippen molar-refractivity contribution < 1.29 is 4.42 Å². The summed E-state index contributed by atoms with van der Waals surface area (Å²) in [6.45, 7) is 4.70. The number of aromatic nitrogens is 1. The van der Waals surface area contributed by atoms with Crippen LogP contribution in [0.4, 0.5) is 17.2 Å².